The van der Waals surface area contributed by atoms with Crippen molar-refractivity contribution in [1.82, 2.24) is 9.97 Å². The maximum absolute atomic E-state index is 6.32. The van der Waals surface area contributed by atoms with Gasteiger partial charge in [-0.25, -0.2) is 9.97 Å². The minimum Gasteiger partial charge on any atom is -0.371 e. The average Bonchev–Trinajstić information content (AvgIpc) is 2.88. The lowest BCUT2D eigenvalue weighted by Crippen LogP contribution is -2.10. The number of ether oxygens (including phenoxy) is 1. The second kappa shape index (κ2) is 6.87. The fourth-order valence-electron chi connectivity index (χ4n) is 2.70. The molecule has 0 bridgehead atoms. The van der Waals surface area contributed by atoms with Gasteiger partial charge < -0.3 is 4.74 Å². The van der Waals surface area contributed by atoms with Crippen LogP contribution in [0, 0.1) is 0 Å². The van der Waals surface area contributed by atoms with Crippen LogP contribution in [0.2, 0.25) is 10.3 Å². The minimum absolute atomic E-state index is 0.127. The Morgan fingerprint density at radius 3 is 2.21 bits per heavy atom. The maximum atomic E-state index is 6.32. The lowest BCUT2D eigenvalue weighted by Gasteiger charge is -2.17. The third kappa shape index (κ3) is 3.39. The second-order valence-corrected chi connectivity index (χ2v) is 5.63. The van der Waals surface area contributed by atoms with E-state index in [1.165, 1.54) is 12.8 Å². The molecule has 3 nitrogen and oxygen atoms in total. The molecule has 0 aliphatic heterocycles. The Kier molecular flexibility index (Phi) is 5.43. The van der Waals surface area contributed by atoms with E-state index in [0.717, 1.165) is 24.8 Å². The van der Waals surface area contributed by atoms with E-state index in [1.807, 2.05) is 13.8 Å². The van der Waals surface area contributed by atoms with Crippen LogP contribution in [0.3, 0.4) is 0 Å². The minimum atomic E-state index is -0.127. The summed E-state index contributed by atoms with van der Waals surface area (Å²) in [5.74, 6) is 1.02. The Hall–Kier alpha value is -0.380. The van der Waals surface area contributed by atoms with E-state index in [4.69, 9.17) is 27.9 Å². The summed E-state index contributed by atoms with van der Waals surface area (Å²) in [6, 6.07) is 0. The van der Waals surface area contributed by atoms with Crippen molar-refractivity contribution in [3.63, 3.8) is 0 Å². The zero-order chi connectivity index (χ0) is 13.8. The first kappa shape index (κ1) is 15.0. The zero-order valence-electron chi connectivity index (χ0n) is 11.5. The van der Waals surface area contributed by atoms with E-state index in [9.17, 15) is 0 Å². The molecule has 0 saturated heterocycles. The lowest BCUT2D eigenvalue weighted by molar-refractivity contribution is 0.0534. The van der Waals surface area contributed by atoms with Gasteiger partial charge in [-0.3, -0.25) is 0 Å². The number of hydrogen-bond donors (Lipinski definition) is 0. The zero-order valence-corrected chi connectivity index (χ0v) is 13.0. The van der Waals surface area contributed by atoms with Gasteiger partial charge in [-0.2, -0.15) is 0 Å². The molecular formula is C14H20Cl2N2O. The van der Waals surface area contributed by atoms with Crippen molar-refractivity contribution in [1.29, 1.82) is 0 Å². The highest BCUT2D eigenvalue weighted by molar-refractivity contribution is 6.34. The molecule has 0 aromatic carbocycles. The van der Waals surface area contributed by atoms with E-state index in [-0.39, 0.29) is 6.10 Å². The van der Waals surface area contributed by atoms with Crippen molar-refractivity contribution in [2.24, 2.45) is 0 Å². The summed E-state index contributed by atoms with van der Waals surface area (Å²) in [7, 11) is 0. The van der Waals surface area contributed by atoms with Gasteiger partial charge in [-0.1, -0.05) is 43.0 Å². The highest BCUT2D eigenvalue weighted by Crippen LogP contribution is 2.40. The first-order valence-electron chi connectivity index (χ1n) is 7.01. The fourth-order valence-corrected chi connectivity index (χ4v) is 3.41. The molecule has 1 unspecified atom stereocenters. The van der Waals surface area contributed by atoms with Gasteiger partial charge in [0.25, 0.3) is 0 Å². The average molecular weight is 303 g/mol. The fraction of sp³-hybridized carbons (Fsp3) is 0.714. The van der Waals surface area contributed by atoms with Crippen molar-refractivity contribution in [3.8, 4) is 0 Å². The molecule has 2 rings (SSSR count). The van der Waals surface area contributed by atoms with Crippen molar-refractivity contribution >= 4 is 23.2 Å². The quantitative estimate of drug-likeness (QED) is 0.723. The van der Waals surface area contributed by atoms with Crippen molar-refractivity contribution in [2.45, 2.75) is 58.0 Å². The van der Waals surface area contributed by atoms with Crippen molar-refractivity contribution in [2.75, 3.05) is 6.61 Å². The van der Waals surface area contributed by atoms with Crippen LogP contribution in [0.1, 0.15) is 69.4 Å². The largest absolute Gasteiger partial charge is 0.371 e. The van der Waals surface area contributed by atoms with Crippen LogP contribution in [-0.2, 0) is 4.74 Å². The third-order valence-corrected chi connectivity index (χ3v) is 4.24. The maximum Gasteiger partial charge on any atom is 0.160 e. The highest BCUT2D eigenvalue weighted by atomic mass is 35.5. The van der Waals surface area contributed by atoms with E-state index in [2.05, 4.69) is 9.97 Å². The first-order chi connectivity index (χ1) is 9.17. The number of halogens is 2. The van der Waals surface area contributed by atoms with Gasteiger partial charge in [0.2, 0.25) is 0 Å². The van der Waals surface area contributed by atoms with Gasteiger partial charge in [-0.05, 0) is 32.1 Å². The predicted octanol–water partition coefficient (Wildman–Crippen LogP) is 4.93. The number of rotatable bonds is 5. The van der Waals surface area contributed by atoms with Crippen molar-refractivity contribution < 1.29 is 4.74 Å². The molecular weight excluding hydrogens is 283 g/mol. The molecule has 19 heavy (non-hydrogen) atoms. The summed E-state index contributed by atoms with van der Waals surface area (Å²) < 4.78 is 5.61. The second-order valence-electron chi connectivity index (χ2n) is 4.91. The van der Waals surface area contributed by atoms with Gasteiger partial charge in [0.15, 0.2) is 5.82 Å². The Morgan fingerprint density at radius 1 is 1.16 bits per heavy atom. The van der Waals surface area contributed by atoms with Crippen LogP contribution < -0.4 is 0 Å². The number of aromatic nitrogens is 2. The topological polar surface area (TPSA) is 35.0 Å². The molecule has 1 heterocycles. The van der Waals surface area contributed by atoms with Gasteiger partial charge in [0, 0.05) is 12.2 Å². The summed E-state index contributed by atoms with van der Waals surface area (Å²) in [6.07, 6.45) is 5.40. The first-order valence-corrected chi connectivity index (χ1v) is 7.77. The smallest absolute Gasteiger partial charge is 0.160 e. The van der Waals surface area contributed by atoms with Crippen LogP contribution in [0.5, 0.6) is 0 Å². The van der Waals surface area contributed by atoms with Crippen LogP contribution in [-0.4, -0.2) is 16.6 Å². The Labute approximate surface area is 124 Å². The van der Waals surface area contributed by atoms with Gasteiger partial charge in [0.1, 0.15) is 16.4 Å². The van der Waals surface area contributed by atoms with Gasteiger partial charge in [0.05, 0.1) is 0 Å². The molecule has 1 aliphatic rings. The van der Waals surface area contributed by atoms with Crippen LogP contribution in [0.4, 0.5) is 0 Å². The Bertz CT molecular complexity index is 410. The summed E-state index contributed by atoms with van der Waals surface area (Å²) in [5, 5.41) is 1.00. The molecule has 1 fully saturated rings. The van der Waals surface area contributed by atoms with Crippen LogP contribution >= 0.6 is 23.2 Å². The molecule has 1 saturated carbocycles. The summed E-state index contributed by atoms with van der Waals surface area (Å²) in [6.45, 7) is 4.62. The SMILES string of the molecule is CCOC(CC)c1nc(Cl)c(C2CCCC2)c(Cl)n1. The molecule has 1 atom stereocenters. The Morgan fingerprint density at radius 2 is 1.74 bits per heavy atom. The lowest BCUT2D eigenvalue weighted by atomic mass is 10.0. The molecule has 1 aliphatic carbocycles. The monoisotopic (exact) mass is 302 g/mol. The number of hydrogen-bond acceptors (Lipinski definition) is 3. The molecule has 5 heteroatoms. The normalized spacial score (nSPS) is 17.9. The Balaban J connectivity index is 2.29. The standard InChI is InChI=1S/C14H20Cl2N2O/c1-3-10(19-4-2)14-17-12(15)11(13(16)18-14)9-7-5-6-8-9/h9-10H,3-8H2,1-2H3. The van der Waals surface area contributed by atoms with E-state index in [1.54, 1.807) is 0 Å². The van der Waals surface area contributed by atoms with Crippen LogP contribution in [0.25, 0.3) is 0 Å². The summed E-state index contributed by atoms with van der Waals surface area (Å²) in [5.41, 5.74) is 0.927. The van der Waals surface area contributed by atoms with E-state index in [0.29, 0.717) is 28.7 Å². The van der Waals surface area contributed by atoms with E-state index < -0.39 is 0 Å². The molecule has 1 aromatic rings. The number of nitrogens with zero attached hydrogens (tertiary/aromatic N) is 2. The molecule has 106 valence electrons. The summed E-state index contributed by atoms with van der Waals surface area (Å²) >= 11 is 12.6. The van der Waals surface area contributed by atoms with Gasteiger partial charge in [-0.15, -0.1) is 0 Å². The third-order valence-electron chi connectivity index (χ3n) is 3.66. The summed E-state index contributed by atoms with van der Waals surface area (Å²) in [4.78, 5) is 8.83. The highest BCUT2D eigenvalue weighted by Gasteiger charge is 2.25. The molecule has 0 radical (unpaired) electrons. The van der Waals surface area contributed by atoms with Crippen LogP contribution in [0.15, 0.2) is 0 Å². The molecule has 0 N–H and O–H groups in total. The molecule has 0 amide bonds. The van der Waals surface area contributed by atoms with Crippen molar-refractivity contribution in [3.05, 3.63) is 21.7 Å². The molecule has 1 aromatic heterocycles. The molecule has 0 spiro atoms. The van der Waals surface area contributed by atoms with Gasteiger partial charge >= 0.3 is 0 Å². The van der Waals surface area contributed by atoms with E-state index >= 15 is 0 Å². The predicted molar refractivity (Wildman–Crippen MR) is 77.9 cm³/mol.